The van der Waals surface area contributed by atoms with E-state index in [9.17, 15) is 4.79 Å². The summed E-state index contributed by atoms with van der Waals surface area (Å²) in [6, 6.07) is 16.6. The number of hydrogen-bond acceptors (Lipinski definition) is 8. The van der Waals surface area contributed by atoms with E-state index in [1.54, 1.807) is 29.5 Å². The van der Waals surface area contributed by atoms with Crippen molar-refractivity contribution in [2.24, 2.45) is 0 Å². The zero-order valence-corrected chi connectivity index (χ0v) is 15.8. The van der Waals surface area contributed by atoms with Gasteiger partial charge in [-0.05, 0) is 29.6 Å². The molecule has 0 saturated carbocycles. The Hall–Kier alpha value is -3.78. The molecule has 0 fully saturated rings. The highest BCUT2D eigenvalue weighted by Crippen LogP contribution is 2.29. The average molecular weight is 403 g/mol. The number of esters is 1. The second kappa shape index (κ2) is 7.33. The zero-order valence-electron chi connectivity index (χ0n) is 14.9. The molecule has 0 aliphatic heterocycles. The Labute approximate surface area is 168 Å². The normalized spacial score (nSPS) is 11.0. The lowest BCUT2D eigenvalue weighted by atomic mass is 10.1. The summed E-state index contributed by atoms with van der Waals surface area (Å²) in [5, 5.41) is 12.5. The molecular weight excluding hydrogens is 390 g/mol. The highest BCUT2D eigenvalue weighted by Gasteiger charge is 2.16. The van der Waals surface area contributed by atoms with Gasteiger partial charge in [-0.25, -0.2) is 4.79 Å². The highest BCUT2D eigenvalue weighted by molar-refractivity contribution is 7.08. The summed E-state index contributed by atoms with van der Waals surface area (Å²) >= 11 is 1.54. The van der Waals surface area contributed by atoms with Crippen LogP contribution in [0.1, 0.15) is 16.2 Å². The van der Waals surface area contributed by atoms with E-state index < -0.39 is 5.97 Å². The first-order valence-corrected chi connectivity index (χ1v) is 9.69. The van der Waals surface area contributed by atoms with E-state index in [4.69, 9.17) is 13.8 Å². The van der Waals surface area contributed by atoms with Crippen molar-refractivity contribution in [2.45, 2.75) is 6.61 Å². The molecule has 29 heavy (non-hydrogen) atoms. The van der Waals surface area contributed by atoms with Crippen LogP contribution in [0.15, 0.2) is 74.4 Å². The molecule has 7 nitrogen and oxygen atoms in total. The Bertz CT molecular complexity index is 1280. The Morgan fingerprint density at radius 3 is 2.72 bits per heavy atom. The van der Waals surface area contributed by atoms with E-state index in [-0.39, 0.29) is 12.5 Å². The van der Waals surface area contributed by atoms with Crippen molar-refractivity contribution in [3.63, 3.8) is 0 Å². The topological polar surface area (TPSA) is 91.2 Å². The molecule has 0 bridgehead atoms. The van der Waals surface area contributed by atoms with E-state index in [2.05, 4.69) is 15.3 Å². The van der Waals surface area contributed by atoms with Crippen LogP contribution in [0.2, 0.25) is 0 Å². The van der Waals surface area contributed by atoms with Crippen LogP contribution in [0, 0.1) is 0 Å². The number of fused-ring (bicyclic) bond motifs is 1. The van der Waals surface area contributed by atoms with Gasteiger partial charge in [-0.2, -0.15) is 16.3 Å². The summed E-state index contributed by atoms with van der Waals surface area (Å²) in [4.78, 5) is 16.7. The van der Waals surface area contributed by atoms with Crippen LogP contribution in [0.5, 0.6) is 0 Å². The molecular formula is C21H13N3O4S. The lowest BCUT2D eigenvalue weighted by molar-refractivity contribution is 0.0430. The molecule has 0 atom stereocenters. The molecule has 3 aromatic heterocycles. The quantitative estimate of drug-likeness (QED) is 0.383. The maximum Gasteiger partial charge on any atom is 0.338 e. The molecule has 2 aromatic carbocycles. The van der Waals surface area contributed by atoms with Gasteiger partial charge >= 0.3 is 5.97 Å². The molecule has 142 valence electrons. The van der Waals surface area contributed by atoms with Gasteiger partial charge in [0.1, 0.15) is 5.52 Å². The fraction of sp³-hybridized carbons (Fsp3) is 0.0476. The van der Waals surface area contributed by atoms with Gasteiger partial charge in [0.2, 0.25) is 5.82 Å². The number of ether oxygens (including phenoxy) is 1. The fourth-order valence-corrected chi connectivity index (χ4v) is 3.53. The molecule has 0 saturated heterocycles. The first-order chi connectivity index (χ1) is 14.3. The molecule has 0 N–H and O–H groups in total. The van der Waals surface area contributed by atoms with E-state index in [0.29, 0.717) is 22.7 Å². The van der Waals surface area contributed by atoms with Crippen molar-refractivity contribution in [2.75, 3.05) is 0 Å². The molecule has 8 heteroatoms. The number of carbonyl (C=O) groups is 1. The fourth-order valence-electron chi connectivity index (χ4n) is 2.90. The Morgan fingerprint density at radius 2 is 1.90 bits per heavy atom. The summed E-state index contributed by atoms with van der Waals surface area (Å²) in [5.41, 5.74) is 2.79. The molecule has 3 heterocycles. The van der Waals surface area contributed by atoms with Crippen LogP contribution in [0.25, 0.3) is 33.6 Å². The predicted octanol–water partition coefficient (Wildman–Crippen LogP) is 4.96. The molecule has 0 unspecified atom stereocenters. The van der Waals surface area contributed by atoms with Crippen LogP contribution in [-0.4, -0.2) is 21.3 Å². The lowest BCUT2D eigenvalue weighted by Crippen LogP contribution is -2.05. The lowest BCUT2D eigenvalue weighted by Gasteiger charge is -2.02. The number of hydrogen-bond donors (Lipinski definition) is 0. The first kappa shape index (κ1) is 17.3. The minimum absolute atomic E-state index is 0.108. The summed E-state index contributed by atoms with van der Waals surface area (Å²) < 4.78 is 16.0. The molecule has 5 aromatic rings. The van der Waals surface area contributed by atoms with E-state index in [1.165, 1.54) is 0 Å². The van der Waals surface area contributed by atoms with Crippen LogP contribution in [0.4, 0.5) is 0 Å². The number of carbonyl (C=O) groups excluding carboxylic acids is 1. The predicted molar refractivity (Wildman–Crippen MR) is 106 cm³/mol. The number of aromatic nitrogens is 3. The Kier molecular flexibility index (Phi) is 4.38. The highest BCUT2D eigenvalue weighted by atomic mass is 32.1. The molecule has 0 amide bonds. The zero-order chi connectivity index (χ0) is 19.6. The van der Waals surface area contributed by atoms with Gasteiger partial charge in [-0.3, -0.25) is 0 Å². The Balaban J connectivity index is 1.35. The SMILES string of the molecule is O=C(OCc1nc(-c2ccsc2)no1)c1ccc2noc(-c3ccccc3)c2c1. The van der Waals surface area contributed by atoms with Crippen molar-refractivity contribution >= 4 is 28.2 Å². The van der Waals surface area contributed by atoms with Crippen LogP contribution in [-0.2, 0) is 11.3 Å². The van der Waals surface area contributed by atoms with Gasteiger partial charge < -0.3 is 13.8 Å². The minimum Gasteiger partial charge on any atom is -0.452 e. The van der Waals surface area contributed by atoms with Gasteiger partial charge in [-0.1, -0.05) is 40.6 Å². The molecule has 0 spiro atoms. The van der Waals surface area contributed by atoms with Gasteiger partial charge in [0, 0.05) is 16.5 Å². The standard InChI is InChI=1S/C21H13N3O4S/c25-21(26-11-18-22-20(24-27-18)15-8-9-29-12-15)14-6-7-17-16(10-14)19(28-23-17)13-4-2-1-3-5-13/h1-10,12H,11H2. The van der Waals surface area contributed by atoms with E-state index in [1.807, 2.05) is 47.2 Å². The second-order valence-electron chi connectivity index (χ2n) is 6.21. The maximum atomic E-state index is 12.5. The average Bonchev–Trinajstić information content (AvgIpc) is 3.52. The molecule has 0 aliphatic rings. The van der Waals surface area contributed by atoms with Gasteiger partial charge in [-0.15, -0.1) is 0 Å². The minimum atomic E-state index is -0.498. The summed E-state index contributed by atoms with van der Waals surface area (Å²) in [7, 11) is 0. The third-order valence-corrected chi connectivity index (χ3v) is 5.01. The van der Waals surface area contributed by atoms with Crippen LogP contribution in [0.3, 0.4) is 0 Å². The molecule has 5 rings (SSSR count). The van der Waals surface area contributed by atoms with E-state index >= 15 is 0 Å². The third kappa shape index (κ3) is 3.41. The molecule has 0 aliphatic carbocycles. The smallest absolute Gasteiger partial charge is 0.338 e. The number of thiophene rings is 1. The number of benzene rings is 2. The number of rotatable bonds is 5. The van der Waals surface area contributed by atoms with Gasteiger partial charge in [0.25, 0.3) is 5.89 Å². The monoisotopic (exact) mass is 403 g/mol. The third-order valence-electron chi connectivity index (χ3n) is 4.32. The van der Waals surface area contributed by atoms with Crippen molar-refractivity contribution < 1.29 is 18.6 Å². The van der Waals surface area contributed by atoms with Crippen molar-refractivity contribution in [1.82, 2.24) is 15.3 Å². The maximum absolute atomic E-state index is 12.5. The van der Waals surface area contributed by atoms with Crippen molar-refractivity contribution in [3.8, 4) is 22.7 Å². The number of nitrogens with zero attached hydrogens (tertiary/aromatic N) is 3. The second-order valence-corrected chi connectivity index (χ2v) is 6.99. The Morgan fingerprint density at radius 1 is 1.00 bits per heavy atom. The summed E-state index contributed by atoms with van der Waals surface area (Å²) in [5.74, 6) is 0.807. The van der Waals surface area contributed by atoms with Crippen LogP contribution < -0.4 is 0 Å². The van der Waals surface area contributed by atoms with Crippen molar-refractivity contribution in [3.05, 3.63) is 76.8 Å². The summed E-state index contributed by atoms with van der Waals surface area (Å²) in [6.45, 7) is -0.108. The summed E-state index contributed by atoms with van der Waals surface area (Å²) in [6.07, 6.45) is 0. The van der Waals surface area contributed by atoms with E-state index in [0.717, 1.165) is 16.5 Å². The first-order valence-electron chi connectivity index (χ1n) is 8.75. The largest absolute Gasteiger partial charge is 0.452 e. The van der Waals surface area contributed by atoms with Gasteiger partial charge in [0.05, 0.1) is 10.9 Å². The van der Waals surface area contributed by atoms with Crippen molar-refractivity contribution in [1.29, 1.82) is 0 Å². The molecule has 0 radical (unpaired) electrons. The van der Waals surface area contributed by atoms with Gasteiger partial charge in [0.15, 0.2) is 12.4 Å². The van der Waals surface area contributed by atoms with Crippen LogP contribution >= 0.6 is 11.3 Å².